The molecule has 0 unspecified atom stereocenters. The van der Waals surface area contributed by atoms with Crippen LogP contribution >= 0.6 is 11.6 Å². The summed E-state index contributed by atoms with van der Waals surface area (Å²) in [5.41, 5.74) is -0.424. The SMILES string of the molecule is CC(C)CNC[C@]1(O)CN(C(=O)Cc2ccc(Cl)cc2)C[C@H]1O. The molecular weight excluding hydrogens is 316 g/mol. The Kier molecular flexibility index (Phi) is 6.03. The number of nitrogens with zero attached hydrogens (tertiary/aromatic N) is 1. The summed E-state index contributed by atoms with van der Waals surface area (Å²) in [6.45, 7) is 5.48. The van der Waals surface area contributed by atoms with Crippen LogP contribution in [0, 0.1) is 5.92 Å². The number of hydrogen-bond acceptors (Lipinski definition) is 4. The van der Waals surface area contributed by atoms with E-state index in [0.717, 1.165) is 12.1 Å². The molecule has 1 aromatic rings. The summed E-state index contributed by atoms with van der Waals surface area (Å²) in [5, 5.41) is 24.5. The fourth-order valence-electron chi connectivity index (χ4n) is 2.71. The molecule has 0 spiro atoms. The zero-order valence-corrected chi connectivity index (χ0v) is 14.4. The average molecular weight is 341 g/mol. The molecule has 1 amide bonds. The zero-order valence-electron chi connectivity index (χ0n) is 13.6. The Bertz CT molecular complexity index is 535. The van der Waals surface area contributed by atoms with Gasteiger partial charge in [-0.15, -0.1) is 0 Å². The number of likely N-dealkylation sites (tertiary alicyclic amines) is 1. The van der Waals surface area contributed by atoms with Gasteiger partial charge in [-0.3, -0.25) is 4.79 Å². The van der Waals surface area contributed by atoms with Crippen LogP contribution in [0.15, 0.2) is 24.3 Å². The van der Waals surface area contributed by atoms with Crippen LogP contribution in [0.1, 0.15) is 19.4 Å². The Morgan fingerprint density at radius 3 is 2.70 bits per heavy atom. The van der Waals surface area contributed by atoms with Crippen LogP contribution in [0.2, 0.25) is 5.02 Å². The van der Waals surface area contributed by atoms with E-state index in [2.05, 4.69) is 19.2 Å². The monoisotopic (exact) mass is 340 g/mol. The molecule has 1 aliphatic rings. The third-order valence-electron chi connectivity index (χ3n) is 4.08. The molecule has 6 heteroatoms. The minimum absolute atomic E-state index is 0.105. The molecule has 2 atom stereocenters. The Labute approximate surface area is 142 Å². The summed E-state index contributed by atoms with van der Waals surface area (Å²) in [4.78, 5) is 13.9. The van der Waals surface area contributed by atoms with Gasteiger partial charge in [0.15, 0.2) is 0 Å². The second-order valence-electron chi connectivity index (χ2n) is 6.72. The maximum Gasteiger partial charge on any atom is 0.227 e. The van der Waals surface area contributed by atoms with Crippen LogP contribution in [-0.2, 0) is 11.2 Å². The van der Waals surface area contributed by atoms with Crippen LogP contribution in [0.4, 0.5) is 0 Å². The van der Waals surface area contributed by atoms with Gasteiger partial charge in [-0.05, 0) is 30.2 Å². The molecule has 0 saturated carbocycles. The van der Waals surface area contributed by atoms with E-state index in [-0.39, 0.29) is 32.0 Å². The Balaban J connectivity index is 1.91. The topological polar surface area (TPSA) is 72.8 Å². The molecule has 0 radical (unpaired) electrons. The van der Waals surface area contributed by atoms with Crippen LogP contribution in [0.25, 0.3) is 0 Å². The number of amides is 1. The number of carbonyl (C=O) groups excluding carboxylic acids is 1. The molecule has 2 rings (SSSR count). The van der Waals surface area contributed by atoms with Crippen molar-refractivity contribution in [2.75, 3.05) is 26.2 Å². The third-order valence-corrected chi connectivity index (χ3v) is 4.34. The first-order valence-corrected chi connectivity index (χ1v) is 8.31. The standard InChI is InChI=1S/C17H25ClN2O3/c1-12(2)8-19-10-17(23)11-20(9-15(17)21)16(22)7-13-3-5-14(18)6-4-13/h3-6,12,15,19,21,23H,7-11H2,1-2H3/t15-,17+/m1/s1. The molecule has 0 aromatic heterocycles. The molecule has 0 aliphatic carbocycles. The van der Waals surface area contributed by atoms with Crippen molar-refractivity contribution in [1.29, 1.82) is 0 Å². The Morgan fingerprint density at radius 2 is 2.09 bits per heavy atom. The van der Waals surface area contributed by atoms with Crippen molar-refractivity contribution < 1.29 is 15.0 Å². The number of benzene rings is 1. The molecule has 1 heterocycles. The number of hydrogen-bond donors (Lipinski definition) is 3. The molecule has 128 valence electrons. The number of β-amino-alcohol motifs (C(OH)–C–C–N with tert-alkyl or cyclic N) is 2. The number of aliphatic hydroxyl groups excluding tert-OH is 1. The lowest BCUT2D eigenvalue weighted by molar-refractivity contribution is -0.130. The van der Waals surface area contributed by atoms with Gasteiger partial charge in [-0.2, -0.15) is 0 Å². The zero-order chi connectivity index (χ0) is 17.0. The van der Waals surface area contributed by atoms with E-state index in [1.807, 2.05) is 12.1 Å². The number of carbonyl (C=O) groups is 1. The highest BCUT2D eigenvalue weighted by Crippen LogP contribution is 2.22. The minimum atomic E-state index is -1.29. The summed E-state index contributed by atoms with van der Waals surface area (Å²) in [6.07, 6.45) is -0.698. The average Bonchev–Trinajstić information content (AvgIpc) is 2.77. The van der Waals surface area contributed by atoms with Crippen LogP contribution < -0.4 is 5.32 Å². The Hall–Kier alpha value is -1.14. The molecule has 1 fully saturated rings. The maximum atomic E-state index is 12.4. The molecule has 3 N–H and O–H groups in total. The maximum absolute atomic E-state index is 12.4. The van der Waals surface area contributed by atoms with E-state index in [9.17, 15) is 15.0 Å². The van der Waals surface area contributed by atoms with Gasteiger partial charge in [-0.25, -0.2) is 0 Å². The first-order chi connectivity index (χ1) is 10.8. The lowest BCUT2D eigenvalue weighted by atomic mass is 10.0. The molecule has 1 aliphatic heterocycles. The van der Waals surface area contributed by atoms with Gasteiger partial charge in [0.2, 0.25) is 5.91 Å². The van der Waals surface area contributed by atoms with E-state index in [1.165, 1.54) is 4.90 Å². The van der Waals surface area contributed by atoms with Crippen LogP contribution in [-0.4, -0.2) is 58.9 Å². The number of aliphatic hydroxyl groups is 2. The van der Waals surface area contributed by atoms with Gasteiger partial charge in [0.1, 0.15) is 11.7 Å². The quantitative estimate of drug-likeness (QED) is 0.724. The summed E-state index contributed by atoms with van der Waals surface area (Å²) in [6, 6.07) is 7.11. The first kappa shape index (κ1) is 18.2. The van der Waals surface area contributed by atoms with Gasteiger partial charge in [0.25, 0.3) is 0 Å². The first-order valence-electron chi connectivity index (χ1n) is 7.93. The smallest absolute Gasteiger partial charge is 0.227 e. The van der Waals surface area contributed by atoms with Crippen molar-refractivity contribution in [3.63, 3.8) is 0 Å². The summed E-state index contributed by atoms with van der Waals surface area (Å²) < 4.78 is 0. The van der Waals surface area contributed by atoms with E-state index in [0.29, 0.717) is 10.9 Å². The van der Waals surface area contributed by atoms with Crippen molar-refractivity contribution in [2.24, 2.45) is 5.92 Å². The fourth-order valence-corrected chi connectivity index (χ4v) is 2.83. The van der Waals surface area contributed by atoms with Crippen molar-refractivity contribution in [3.8, 4) is 0 Å². The molecule has 5 nitrogen and oxygen atoms in total. The fraction of sp³-hybridized carbons (Fsp3) is 0.588. The third kappa shape index (κ3) is 4.91. The highest BCUT2D eigenvalue weighted by Gasteiger charge is 2.45. The lowest BCUT2D eigenvalue weighted by Gasteiger charge is -2.26. The second kappa shape index (κ2) is 7.62. The minimum Gasteiger partial charge on any atom is -0.388 e. The largest absolute Gasteiger partial charge is 0.388 e. The van der Waals surface area contributed by atoms with Gasteiger partial charge < -0.3 is 20.4 Å². The van der Waals surface area contributed by atoms with Crippen molar-refractivity contribution >= 4 is 17.5 Å². The predicted octanol–water partition coefficient (Wildman–Crippen LogP) is 1.06. The molecule has 0 bridgehead atoms. The highest BCUT2D eigenvalue weighted by atomic mass is 35.5. The van der Waals surface area contributed by atoms with Gasteiger partial charge in [0, 0.05) is 18.1 Å². The Morgan fingerprint density at radius 1 is 1.43 bits per heavy atom. The van der Waals surface area contributed by atoms with E-state index in [1.54, 1.807) is 12.1 Å². The van der Waals surface area contributed by atoms with E-state index >= 15 is 0 Å². The normalized spacial score (nSPS) is 24.4. The molecule has 1 aromatic carbocycles. The van der Waals surface area contributed by atoms with Crippen molar-refractivity contribution in [2.45, 2.75) is 32.0 Å². The van der Waals surface area contributed by atoms with Crippen LogP contribution in [0.5, 0.6) is 0 Å². The number of rotatable bonds is 6. The lowest BCUT2D eigenvalue weighted by Crippen LogP contribution is -2.50. The van der Waals surface area contributed by atoms with Crippen molar-refractivity contribution in [3.05, 3.63) is 34.9 Å². The van der Waals surface area contributed by atoms with E-state index in [4.69, 9.17) is 11.6 Å². The molecule has 1 saturated heterocycles. The summed E-state index contributed by atoms with van der Waals surface area (Å²) in [7, 11) is 0. The molecular formula is C17H25ClN2O3. The summed E-state index contributed by atoms with van der Waals surface area (Å²) >= 11 is 5.83. The highest BCUT2D eigenvalue weighted by molar-refractivity contribution is 6.30. The number of nitrogens with one attached hydrogen (secondary N) is 1. The van der Waals surface area contributed by atoms with E-state index < -0.39 is 11.7 Å². The van der Waals surface area contributed by atoms with Crippen molar-refractivity contribution in [1.82, 2.24) is 10.2 Å². The number of halogens is 1. The van der Waals surface area contributed by atoms with Gasteiger partial charge in [-0.1, -0.05) is 37.6 Å². The second-order valence-corrected chi connectivity index (χ2v) is 7.16. The predicted molar refractivity (Wildman–Crippen MR) is 90.4 cm³/mol. The van der Waals surface area contributed by atoms with Gasteiger partial charge >= 0.3 is 0 Å². The summed E-state index contributed by atoms with van der Waals surface area (Å²) in [5.74, 6) is 0.353. The molecule has 23 heavy (non-hydrogen) atoms. The van der Waals surface area contributed by atoms with Crippen LogP contribution in [0.3, 0.4) is 0 Å². The van der Waals surface area contributed by atoms with Gasteiger partial charge in [0.05, 0.1) is 13.0 Å².